The minimum absolute atomic E-state index is 0.104. The lowest BCUT2D eigenvalue weighted by Crippen LogP contribution is -2.58. The number of aliphatic carboxylic acids is 1. The van der Waals surface area contributed by atoms with Crippen molar-refractivity contribution < 1.29 is 24.4 Å². The third-order valence-electron chi connectivity index (χ3n) is 4.81. The summed E-state index contributed by atoms with van der Waals surface area (Å²) < 4.78 is 4.77. The lowest BCUT2D eigenvalue weighted by molar-refractivity contribution is -0.384. The molecule has 0 radical (unpaired) electrons. The quantitative estimate of drug-likeness (QED) is 0.387. The van der Waals surface area contributed by atoms with Crippen LogP contribution >= 0.6 is 0 Å². The number of nitrogens with zero attached hydrogens (tertiary/aromatic N) is 2. The van der Waals surface area contributed by atoms with Crippen LogP contribution in [0.4, 0.5) is 11.4 Å². The summed E-state index contributed by atoms with van der Waals surface area (Å²) in [5.41, 5.74) is -0.595. The number of nitro benzene ring substituents is 1. The molecule has 8 nitrogen and oxygen atoms in total. The van der Waals surface area contributed by atoms with Gasteiger partial charge in [0.25, 0.3) is 5.69 Å². The zero-order chi connectivity index (χ0) is 16.8. The first-order chi connectivity index (χ1) is 10.9. The first-order valence-electron chi connectivity index (χ1n) is 7.27. The zero-order valence-electron chi connectivity index (χ0n) is 12.5. The van der Waals surface area contributed by atoms with Gasteiger partial charge in [-0.15, -0.1) is 0 Å². The minimum Gasteiger partial charge on any atom is -0.480 e. The van der Waals surface area contributed by atoms with E-state index in [-0.39, 0.29) is 12.1 Å². The molecule has 2 aliphatic rings. The Morgan fingerprint density at radius 1 is 1.48 bits per heavy atom. The van der Waals surface area contributed by atoms with Crippen molar-refractivity contribution in [2.75, 3.05) is 18.6 Å². The first-order valence-corrected chi connectivity index (χ1v) is 7.27. The van der Waals surface area contributed by atoms with E-state index >= 15 is 0 Å². The van der Waals surface area contributed by atoms with Gasteiger partial charge < -0.3 is 14.7 Å². The molecule has 0 bridgehead atoms. The maximum atomic E-state index is 12.3. The maximum absolute atomic E-state index is 12.3. The van der Waals surface area contributed by atoms with Crippen LogP contribution < -0.4 is 4.90 Å². The SMILES string of the molecule is COC(=O)C1(C(=O)O)Cc2cc([N+](=O)[O-])ccc2N2CCCC21. The number of carbonyl (C=O) groups excluding carboxylic acids is 1. The number of methoxy groups -OCH3 is 1. The van der Waals surface area contributed by atoms with Crippen LogP contribution in [0.25, 0.3) is 0 Å². The second-order valence-corrected chi connectivity index (χ2v) is 5.87. The van der Waals surface area contributed by atoms with E-state index in [2.05, 4.69) is 0 Å². The number of esters is 1. The Morgan fingerprint density at radius 2 is 2.22 bits per heavy atom. The van der Waals surface area contributed by atoms with E-state index in [1.807, 2.05) is 4.90 Å². The van der Waals surface area contributed by atoms with Gasteiger partial charge in [0.1, 0.15) is 0 Å². The number of non-ortho nitro benzene ring substituents is 1. The van der Waals surface area contributed by atoms with E-state index in [1.165, 1.54) is 12.1 Å². The summed E-state index contributed by atoms with van der Waals surface area (Å²) in [5, 5.41) is 20.8. The highest BCUT2D eigenvalue weighted by molar-refractivity contribution is 6.02. The lowest BCUT2D eigenvalue weighted by atomic mass is 9.71. The van der Waals surface area contributed by atoms with Crippen molar-refractivity contribution in [2.24, 2.45) is 5.41 Å². The van der Waals surface area contributed by atoms with E-state index in [4.69, 9.17) is 4.74 Å². The molecule has 0 spiro atoms. The predicted octanol–water partition coefficient (Wildman–Crippen LogP) is 1.36. The second-order valence-electron chi connectivity index (χ2n) is 5.87. The van der Waals surface area contributed by atoms with Crippen LogP contribution in [-0.2, 0) is 20.7 Å². The molecule has 1 N–H and O–H groups in total. The predicted molar refractivity (Wildman–Crippen MR) is 79.3 cm³/mol. The Kier molecular flexibility index (Phi) is 3.46. The second kappa shape index (κ2) is 5.22. The van der Waals surface area contributed by atoms with Gasteiger partial charge >= 0.3 is 11.9 Å². The standard InChI is InChI=1S/C15H16N2O6/c1-23-14(20)15(13(18)19)8-9-7-10(17(21)22)4-5-11(9)16-6-2-3-12(15)16/h4-5,7,12H,2-3,6,8H2,1H3,(H,18,19). The average Bonchev–Trinajstić information content (AvgIpc) is 3.02. The van der Waals surface area contributed by atoms with Crippen LogP contribution in [0.3, 0.4) is 0 Å². The molecule has 1 aromatic rings. The highest BCUT2D eigenvalue weighted by Crippen LogP contribution is 2.47. The van der Waals surface area contributed by atoms with Gasteiger partial charge in [-0.1, -0.05) is 0 Å². The summed E-state index contributed by atoms with van der Waals surface area (Å²) in [7, 11) is 1.16. The van der Waals surface area contributed by atoms with Crippen molar-refractivity contribution in [1.82, 2.24) is 0 Å². The Labute approximate surface area is 131 Å². The van der Waals surface area contributed by atoms with Gasteiger partial charge in [-0.2, -0.15) is 0 Å². The molecule has 0 aliphatic carbocycles. The lowest BCUT2D eigenvalue weighted by Gasteiger charge is -2.43. The molecule has 2 aliphatic heterocycles. The Morgan fingerprint density at radius 3 is 2.83 bits per heavy atom. The molecule has 3 rings (SSSR count). The molecule has 122 valence electrons. The maximum Gasteiger partial charge on any atom is 0.325 e. The fraction of sp³-hybridized carbons (Fsp3) is 0.467. The van der Waals surface area contributed by atoms with Crippen LogP contribution in [0.5, 0.6) is 0 Å². The Balaban J connectivity index is 2.18. The molecule has 0 amide bonds. The fourth-order valence-corrected chi connectivity index (χ4v) is 3.79. The van der Waals surface area contributed by atoms with Crippen LogP contribution in [0.15, 0.2) is 18.2 Å². The smallest absolute Gasteiger partial charge is 0.325 e. The third kappa shape index (κ3) is 2.05. The van der Waals surface area contributed by atoms with Crippen LogP contribution in [0, 0.1) is 15.5 Å². The Bertz CT molecular complexity index is 703. The minimum atomic E-state index is -1.73. The molecule has 1 aromatic carbocycles. The molecule has 2 atom stereocenters. The number of hydrogen-bond acceptors (Lipinski definition) is 6. The normalized spacial score (nSPS) is 25.4. The van der Waals surface area contributed by atoms with Crippen molar-refractivity contribution in [2.45, 2.75) is 25.3 Å². The van der Waals surface area contributed by atoms with Gasteiger partial charge in [0.2, 0.25) is 0 Å². The van der Waals surface area contributed by atoms with Gasteiger partial charge in [0, 0.05) is 30.8 Å². The molecule has 1 saturated heterocycles. The number of anilines is 1. The number of hydrogen-bond donors (Lipinski definition) is 1. The average molecular weight is 320 g/mol. The van der Waals surface area contributed by atoms with Crippen molar-refractivity contribution >= 4 is 23.3 Å². The third-order valence-corrected chi connectivity index (χ3v) is 4.81. The van der Waals surface area contributed by atoms with E-state index in [0.29, 0.717) is 18.5 Å². The van der Waals surface area contributed by atoms with Crippen molar-refractivity contribution in [1.29, 1.82) is 0 Å². The number of nitro groups is 1. The van der Waals surface area contributed by atoms with E-state index in [9.17, 15) is 24.8 Å². The molecule has 23 heavy (non-hydrogen) atoms. The number of rotatable bonds is 3. The molecule has 1 fully saturated rings. The topological polar surface area (TPSA) is 110 Å². The van der Waals surface area contributed by atoms with Crippen molar-refractivity contribution in [3.63, 3.8) is 0 Å². The van der Waals surface area contributed by atoms with Gasteiger partial charge in [0.05, 0.1) is 18.1 Å². The number of carboxylic acid groups (broad SMARTS) is 1. The molecule has 2 unspecified atom stereocenters. The number of carbonyl (C=O) groups is 2. The molecule has 0 saturated carbocycles. The van der Waals surface area contributed by atoms with Crippen molar-refractivity contribution in [3.05, 3.63) is 33.9 Å². The van der Waals surface area contributed by atoms with E-state index in [0.717, 1.165) is 19.2 Å². The van der Waals surface area contributed by atoms with Crippen molar-refractivity contribution in [3.8, 4) is 0 Å². The highest BCUT2D eigenvalue weighted by Gasteiger charge is 2.59. The van der Waals surface area contributed by atoms with E-state index in [1.54, 1.807) is 6.07 Å². The number of fused-ring (bicyclic) bond motifs is 3. The number of ether oxygens (including phenoxy) is 1. The highest BCUT2D eigenvalue weighted by atomic mass is 16.6. The summed E-state index contributed by atoms with van der Waals surface area (Å²) in [4.78, 5) is 36.6. The monoisotopic (exact) mass is 320 g/mol. The van der Waals surface area contributed by atoms with Gasteiger partial charge in [-0.05, 0) is 24.5 Å². The number of benzene rings is 1. The van der Waals surface area contributed by atoms with E-state index < -0.39 is 28.3 Å². The largest absolute Gasteiger partial charge is 0.480 e. The molecule has 2 heterocycles. The molecule has 8 heteroatoms. The summed E-state index contributed by atoms with van der Waals surface area (Å²) >= 11 is 0. The summed E-state index contributed by atoms with van der Waals surface area (Å²) in [5.74, 6) is -2.06. The summed E-state index contributed by atoms with van der Waals surface area (Å²) in [6, 6.07) is 3.89. The van der Waals surface area contributed by atoms with Gasteiger partial charge in [-0.3, -0.25) is 19.7 Å². The van der Waals surface area contributed by atoms with Gasteiger partial charge in [0.15, 0.2) is 5.41 Å². The van der Waals surface area contributed by atoms with Crippen LogP contribution in [0.1, 0.15) is 18.4 Å². The Hall–Kier alpha value is -2.64. The molecule has 0 aromatic heterocycles. The number of carboxylic acids is 1. The fourth-order valence-electron chi connectivity index (χ4n) is 3.79. The van der Waals surface area contributed by atoms with Crippen LogP contribution in [-0.4, -0.2) is 41.7 Å². The molecular weight excluding hydrogens is 304 g/mol. The summed E-state index contributed by atoms with van der Waals surface area (Å²) in [6.07, 6.45) is 1.22. The zero-order valence-corrected chi connectivity index (χ0v) is 12.5. The van der Waals surface area contributed by atoms with Crippen LogP contribution in [0.2, 0.25) is 0 Å². The van der Waals surface area contributed by atoms with Gasteiger partial charge in [-0.25, -0.2) is 0 Å². The summed E-state index contributed by atoms with van der Waals surface area (Å²) in [6.45, 7) is 0.613. The molecular formula is C15H16N2O6. The first kappa shape index (κ1) is 15.3.